The van der Waals surface area contributed by atoms with E-state index in [1.807, 2.05) is 0 Å². The monoisotopic (exact) mass is 384 g/mol. The Hall–Kier alpha value is -3.46. The maximum atomic E-state index is 12.6. The molecule has 0 aliphatic carbocycles. The van der Waals surface area contributed by atoms with Gasteiger partial charge >= 0.3 is 0 Å². The van der Waals surface area contributed by atoms with E-state index in [9.17, 15) is 19.7 Å². The second-order valence-corrected chi connectivity index (χ2v) is 6.31. The fraction of sp³-hybridized carbons (Fsp3) is 0.263. The van der Waals surface area contributed by atoms with E-state index >= 15 is 0 Å². The molecule has 0 saturated carbocycles. The number of nitro benzene ring substituents is 1. The van der Waals surface area contributed by atoms with Crippen molar-refractivity contribution in [2.45, 2.75) is 6.54 Å². The lowest BCUT2D eigenvalue weighted by atomic mass is 10.1. The molecule has 0 spiro atoms. The Kier molecular flexibility index (Phi) is 5.85. The molecule has 1 saturated heterocycles. The average molecular weight is 384 g/mol. The molecule has 1 aliphatic heterocycles. The highest BCUT2D eigenvalue weighted by Crippen LogP contribution is 2.27. The Morgan fingerprint density at radius 3 is 2.57 bits per heavy atom. The van der Waals surface area contributed by atoms with Crippen molar-refractivity contribution in [3.8, 4) is 0 Å². The van der Waals surface area contributed by atoms with E-state index in [4.69, 9.17) is 10.5 Å². The van der Waals surface area contributed by atoms with E-state index in [-0.39, 0.29) is 29.4 Å². The first-order valence-electron chi connectivity index (χ1n) is 8.74. The minimum Gasteiger partial charge on any atom is -0.378 e. The summed E-state index contributed by atoms with van der Waals surface area (Å²) in [5, 5.41) is 14.5. The van der Waals surface area contributed by atoms with Gasteiger partial charge in [0.25, 0.3) is 11.6 Å². The molecule has 2 amide bonds. The van der Waals surface area contributed by atoms with Gasteiger partial charge in [0.2, 0.25) is 5.91 Å². The maximum absolute atomic E-state index is 12.6. The van der Waals surface area contributed by atoms with Crippen molar-refractivity contribution >= 4 is 23.2 Å². The molecule has 9 heteroatoms. The summed E-state index contributed by atoms with van der Waals surface area (Å²) in [4.78, 5) is 36.4. The highest BCUT2D eigenvalue weighted by atomic mass is 16.6. The molecule has 2 aromatic rings. The molecule has 28 heavy (non-hydrogen) atoms. The minimum atomic E-state index is -0.543. The van der Waals surface area contributed by atoms with Crippen molar-refractivity contribution in [1.82, 2.24) is 4.90 Å². The highest BCUT2D eigenvalue weighted by Gasteiger charge is 2.22. The molecule has 0 unspecified atom stereocenters. The van der Waals surface area contributed by atoms with Crippen LogP contribution in [0.4, 0.5) is 11.4 Å². The number of nitrogens with two attached hydrogens (primary N) is 1. The van der Waals surface area contributed by atoms with Gasteiger partial charge in [-0.1, -0.05) is 12.1 Å². The zero-order chi connectivity index (χ0) is 20.1. The molecule has 0 bridgehead atoms. The van der Waals surface area contributed by atoms with Crippen molar-refractivity contribution < 1.29 is 19.2 Å². The number of ether oxygens (including phenoxy) is 1. The molecule has 0 atom stereocenters. The van der Waals surface area contributed by atoms with Crippen LogP contribution in [0.5, 0.6) is 0 Å². The van der Waals surface area contributed by atoms with Crippen LogP contribution in [0, 0.1) is 10.1 Å². The molecule has 146 valence electrons. The summed E-state index contributed by atoms with van der Waals surface area (Å²) in [6.07, 6.45) is 0. The van der Waals surface area contributed by atoms with Crippen molar-refractivity contribution in [1.29, 1.82) is 0 Å². The number of nitrogens with one attached hydrogen (secondary N) is 1. The van der Waals surface area contributed by atoms with Crippen LogP contribution in [0.1, 0.15) is 26.3 Å². The number of carbonyl (C=O) groups excluding carboxylic acids is 2. The van der Waals surface area contributed by atoms with Gasteiger partial charge in [0.15, 0.2) is 0 Å². The molecule has 1 heterocycles. The largest absolute Gasteiger partial charge is 0.378 e. The van der Waals surface area contributed by atoms with Crippen LogP contribution in [0.2, 0.25) is 0 Å². The number of morpholine rings is 1. The van der Waals surface area contributed by atoms with Crippen LogP contribution in [0.15, 0.2) is 42.5 Å². The predicted octanol–water partition coefficient (Wildman–Crippen LogP) is 1.78. The first-order valence-corrected chi connectivity index (χ1v) is 8.74. The van der Waals surface area contributed by atoms with Gasteiger partial charge in [0.05, 0.1) is 18.1 Å². The fourth-order valence-electron chi connectivity index (χ4n) is 2.95. The summed E-state index contributed by atoms with van der Waals surface area (Å²) < 4.78 is 5.22. The van der Waals surface area contributed by atoms with Crippen LogP contribution >= 0.6 is 0 Å². The Bertz CT molecular complexity index is 909. The molecular weight excluding hydrogens is 364 g/mol. The van der Waals surface area contributed by atoms with E-state index in [0.717, 1.165) is 5.56 Å². The van der Waals surface area contributed by atoms with Crippen molar-refractivity contribution in [3.05, 3.63) is 69.3 Å². The summed E-state index contributed by atoms with van der Waals surface area (Å²) in [6.45, 7) is 2.10. The Labute approximate surface area is 161 Å². The standard InChI is InChI=1S/C19H20N4O5/c20-18(24)14-3-1-2-13(10-14)12-21-16-5-4-15(11-17(16)23(26)27)19(25)22-6-8-28-9-7-22/h1-5,10-11,21H,6-9,12H2,(H2,20,24). The van der Waals surface area contributed by atoms with Crippen LogP contribution in [-0.2, 0) is 11.3 Å². The van der Waals surface area contributed by atoms with Crippen molar-refractivity contribution in [2.75, 3.05) is 31.6 Å². The number of nitro groups is 1. The molecule has 1 aliphatic rings. The first kappa shape index (κ1) is 19.3. The number of benzene rings is 2. The molecule has 2 aromatic carbocycles. The topological polar surface area (TPSA) is 128 Å². The van der Waals surface area contributed by atoms with Gasteiger partial charge in [0, 0.05) is 36.8 Å². The van der Waals surface area contributed by atoms with Gasteiger partial charge in [-0.3, -0.25) is 19.7 Å². The van der Waals surface area contributed by atoms with Gasteiger partial charge < -0.3 is 20.7 Å². The maximum Gasteiger partial charge on any atom is 0.293 e. The normalized spacial score (nSPS) is 13.8. The Morgan fingerprint density at radius 2 is 1.89 bits per heavy atom. The number of nitrogens with zero attached hydrogens (tertiary/aromatic N) is 2. The first-order chi connectivity index (χ1) is 13.5. The molecule has 1 fully saturated rings. The number of rotatable bonds is 6. The Balaban J connectivity index is 1.77. The summed E-state index contributed by atoms with van der Waals surface area (Å²) in [7, 11) is 0. The lowest BCUT2D eigenvalue weighted by Gasteiger charge is -2.26. The van der Waals surface area contributed by atoms with Crippen LogP contribution in [0.3, 0.4) is 0 Å². The third-order valence-electron chi connectivity index (χ3n) is 4.43. The quantitative estimate of drug-likeness (QED) is 0.577. The van der Waals surface area contributed by atoms with E-state index < -0.39 is 10.8 Å². The third-order valence-corrected chi connectivity index (χ3v) is 4.43. The van der Waals surface area contributed by atoms with Crippen LogP contribution in [-0.4, -0.2) is 47.9 Å². The molecular formula is C19H20N4O5. The summed E-state index contributed by atoms with van der Waals surface area (Å²) in [5.74, 6) is -0.800. The van der Waals surface area contributed by atoms with Gasteiger partial charge in [-0.05, 0) is 29.8 Å². The lowest BCUT2D eigenvalue weighted by Crippen LogP contribution is -2.40. The SMILES string of the molecule is NC(=O)c1cccc(CNc2ccc(C(=O)N3CCOCC3)cc2[N+](=O)[O-])c1. The molecule has 3 N–H and O–H groups in total. The fourth-order valence-corrected chi connectivity index (χ4v) is 2.95. The van der Waals surface area contributed by atoms with Crippen LogP contribution in [0.25, 0.3) is 0 Å². The Morgan fingerprint density at radius 1 is 1.14 bits per heavy atom. The molecule has 0 aromatic heterocycles. The van der Waals surface area contributed by atoms with Gasteiger partial charge in [0.1, 0.15) is 5.69 Å². The number of anilines is 1. The number of hydrogen-bond donors (Lipinski definition) is 2. The van der Waals surface area contributed by atoms with E-state index in [1.165, 1.54) is 12.1 Å². The van der Waals surface area contributed by atoms with Gasteiger partial charge in [-0.15, -0.1) is 0 Å². The van der Waals surface area contributed by atoms with Gasteiger partial charge in [-0.2, -0.15) is 0 Å². The average Bonchev–Trinajstić information content (AvgIpc) is 2.72. The molecule has 0 radical (unpaired) electrons. The zero-order valence-electron chi connectivity index (χ0n) is 15.1. The predicted molar refractivity (Wildman–Crippen MR) is 102 cm³/mol. The number of amides is 2. The van der Waals surface area contributed by atoms with Crippen molar-refractivity contribution in [3.63, 3.8) is 0 Å². The second-order valence-electron chi connectivity index (χ2n) is 6.31. The number of primary amides is 1. The van der Waals surface area contributed by atoms with E-state index in [1.54, 1.807) is 35.2 Å². The summed E-state index contributed by atoms with van der Waals surface area (Å²) in [5.41, 5.74) is 6.73. The van der Waals surface area contributed by atoms with E-state index in [0.29, 0.717) is 31.9 Å². The lowest BCUT2D eigenvalue weighted by molar-refractivity contribution is -0.384. The van der Waals surface area contributed by atoms with Crippen LogP contribution < -0.4 is 11.1 Å². The molecule has 3 rings (SSSR count). The van der Waals surface area contributed by atoms with Gasteiger partial charge in [-0.25, -0.2) is 0 Å². The smallest absolute Gasteiger partial charge is 0.293 e. The second kappa shape index (κ2) is 8.49. The highest BCUT2D eigenvalue weighted by molar-refractivity contribution is 5.96. The van der Waals surface area contributed by atoms with E-state index in [2.05, 4.69) is 5.32 Å². The third kappa shape index (κ3) is 4.44. The minimum absolute atomic E-state index is 0.190. The molecule has 9 nitrogen and oxygen atoms in total. The number of carbonyl (C=O) groups is 2. The number of hydrogen-bond acceptors (Lipinski definition) is 6. The van der Waals surface area contributed by atoms with Crippen molar-refractivity contribution in [2.24, 2.45) is 5.73 Å². The zero-order valence-corrected chi connectivity index (χ0v) is 15.1. The summed E-state index contributed by atoms with van der Waals surface area (Å²) >= 11 is 0. The summed E-state index contributed by atoms with van der Waals surface area (Å²) in [6, 6.07) is 11.0.